The van der Waals surface area contributed by atoms with Crippen LogP contribution in [0.25, 0.3) is 0 Å². The molecule has 1 fully saturated rings. The van der Waals surface area contributed by atoms with Crippen molar-refractivity contribution in [2.24, 2.45) is 11.8 Å². The lowest BCUT2D eigenvalue weighted by Crippen LogP contribution is -2.50. The Kier molecular flexibility index (Phi) is 10.3. The first-order valence-corrected chi connectivity index (χ1v) is 14.4. The number of fused-ring (bicyclic) bond motifs is 1. The first kappa shape index (κ1) is 29.7. The van der Waals surface area contributed by atoms with E-state index in [9.17, 15) is 14.7 Å². The smallest absolute Gasteiger partial charge is 0.323 e. The Labute approximate surface area is 237 Å². The zero-order valence-electron chi connectivity index (χ0n) is 24.2. The van der Waals surface area contributed by atoms with Crippen LogP contribution in [0.15, 0.2) is 42.5 Å². The predicted molar refractivity (Wildman–Crippen MR) is 157 cm³/mol. The minimum atomic E-state index is -0.430. The highest BCUT2D eigenvalue weighted by Crippen LogP contribution is 2.31. The van der Waals surface area contributed by atoms with Crippen LogP contribution in [0.4, 0.5) is 16.2 Å². The van der Waals surface area contributed by atoms with Crippen molar-refractivity contribution in [1.29, 1.82) is 0 Å². The van der Waals surface area contributed by atoms with E-state index in [1.807, 2.05) is 6.92 Å². The molecular formula is C31H44N4O5. The van der Waals surface area contributed by atoms with Gasteiger partial charge in [-0.1, -0.05) is 26.2 Å². The van der Waals surface area contributed by atoms with Crippen molar-refractivity contribution in [2.45, 2.75) is 58.1 Å². The fraction of sp³-hybridized carbons (Fsp3) is 0.548. The number of benzene rings is 2. The third-order valence-electron chi connectivity index (χ3n) is 8.06. The molecule has 1 aliphatic carbocycles. The second-order valence-electron chi connectivity index (χ2n) is 11.4. The van der Waals surface area contributed by atoms with Crippen LogP contribution in [0.3, 0.4) is 0 Å². The summed E-state index contributed by atoms with van der Waals surface area (Å²) in [7, 11) is 3.74. The van der Waals surface area contributed by atoms with Crippen molar-refractivity contribution in [3.63, 3.8) is 0 Å². The van der Waals surface area contributed by atoms with Crippen molar-refractivity contribution in [3.8, 4) is 11.5 Å². The molecule has 0 bridgehead atoms. The second-order valence-corrected chi connectivity index (χ2v) is 11.4. The lowest BCUT2D eigenvalue weighted by molar-refractivity contribution is 0.0330. The van der Waals surface area contributed by atoms with Crippen LogP contribution in [0.2, 0.25) is 0 Å². The van der Waals surface area contributed by atoms with Crippen molar-refractivity contribution in [2.75, 3.05) is 51.0 Å². The van der Waals surface area contributed by atoms with Gasteiger partial charge in [-0.25, -0.2) is 4.79 Å². The first-order chi connectivity index (χ1) is 19.3. The van der Waals surface area contributed by atoms with Gasteiger partial charge in [0, 0.05) is 36.9 Å². The molecule has 3 N–H and O–H groups in total. The van der Waals surface area contributed by atoms with Gasteiger partial charge in [-0.3, -0.25) is 4.79 Å². The number of anilines is 2. The van der Waals surface area contributed by atoms with Crippen molar-refractivity contribution in [3.05, 3.63) is 48.0 Å². The minimum Gasteiger partial charge on any atom is -0.497 e. The molecule has 0 radical (unpaired) electrons. The molecule has 4 rings (SSSR count). The number of nitrogens with zero attached hydrogens (tertiary/aromatic N) is 2. The highest BCUT2D eigenvalue weighted by molar-refractivity contribution is 6.02. The summed E-state index contributed by atoms with van der Waals surface area (Å²) < 4.78 is 11.7. The van der Waals surface area contributed by atoms with Gasteiger partial charge in [0.05, 0.1) is 25.3 Å². The molecule has 0 saturated heterocycles. The summed E-state index contributed by atoms with van der Waals surface area (Å²) in [6, 6.07) is 11.4. The van der Waals surface area contributed by atoms with Gasteiger partial charge in [0.2, 0.25) is 0 Å². The number of carbonyl (C=O) groups is 2. The molecule has 2 aliphatic rings. The van der Waals surface area contributed by atoms with E-state index in [0.717, 1.165) is 19.0 Å². The van der Waals surface area contributed by atoms with Gasteiger partial charge in [0.15, 0.2) is 0 Å². The Hall–Kier alpha value is -3.30. The molecular weight excluding hydrogens is 508 g/mol. The number of hydrogen-bond donors (Lipinski definition) is 3. The topological polar surface area (TPSA) is 103 Å². The molecule has 2 aromatic carbocycles. The van der Waals surface area contributed by atoms with E-state index in [0.29, 0.717) is 35.0 Å². The quantitative estimate of drug-likeness (QED) is 0.401. The van der Waals surface area contributed by atoms with Crippen LogP contribution in [0.5, 0.6) is 11.5 Å². The van der Waals surface area contributed by atoms with Gasteiger partial charge >= 0.3 is 6.03 Å². The van der Waals surface area contributed by atoms with Crippen LogP contribution in [-0.2, 0) is 0 Å². The fourth-order valence-corrected chi connectivity index (χ4v) is 5.68. The maximum atomic E-state index is 13.7. The van der Waals surface area contributed by atoms with E-state index < -0.39 is 6.03 Å². The zero-order valence-corrected chi connectivity index (χ0v) is 24.2. The van der Waals surface area contributed by atoms with Crippen molar-refractivity contribution < 1.29 is 24.2 Å². The highest BCUT2D eigenvalue weighted by atomic mass is 16.5. The Balaban J connectivity index is 1.52. The maximum Gasteiger partial charge on any atom is 0.323 e. The lowest BCUT2D eigenvalue weighted by atomic mass is 9.89. The number of carbonyl (C=O) groups excluding carboxylic acids is 2. The summed E-state index contributed by atoms with van der Waals surface area (Å²) in [5.41, 5.74) is 1.45. The van der Waals surface area contributed by atoms with Gasteiger partial charge in [0.1, 0.15) is 17.6 Å². The average molecular weight is 553 g/mol. The Morgan fingerprint density at radius 1 is 1.10 bits per heavy atom. The van der Waals surface area contributed by atoms with Gasteiger partial charge in [0.25, 0.3) is 5.91 Å². The zero-order chi connectivity index (χ0) is 28.6. The number of methoxy groups -OCH3 is 1. The Bertz CT molecular complexity index is 1140. The molecule has 0 spiro atoms. The summed E-state index contributed by atoms with van der Waals surface area (Å²) >= 11 is 0. The van der Waals surface area contributed by atoms with Crippen LogP contribution in [0.1, 0.15) is 56.3 Å². The molecule has 218 valence electrons. The number of aliphatic hydroxyl groups is 1. The molecule has 3 amide bonds. The molecule has 9 nitrogen and oxygen atoms in total. The second kappa shape index (κ2) is 13.9. The molecule has 2 aromatic rings. The van der Waals surface area contributed by atoms with Crippen LogP contribution in [0, 0.1) is 11.8 Å². The van der Waals surface area contributed by atoms with Gasteiger partial charge < -0.3 is 35.0 Å². The predicted octanol–water partition coefficient (Wildman–Crippen LogP) is 5.07. The maximum absolute atomic E-state index is 13.7. The van der Waals surface area contributed by atoms with Gasteiger partial charge in [-0.2, -0.15) is 0 Å². The SMILES string of the molecule is COc1ccc(NC(=O)Nc2ccc3c(c2)C(=O)N([C@@H](C)CO)C[C@@H](C)[C@@H](CN(C)CC2CCCCC2)O3)cc1. The van der Waals surface area contributed by atoms with E-state index in [1.54, 1.807) is 54.5 Å². The molecule has 1 aliphatic heterocycles. The fourth-order valence-electron chi connectivity index (χ4n) is 5.68. The highest BCUT2D eigenvalue weighted by Gasteiger charge is 2.34. The molecule has 1 heterocycles. The number of amides is 3. The normalized spacial score (nSPS) is 20.6. The molecule has 0 unspecified atom stereocenters. The average Bonchev–Trinajstić information content (AvgIpc) is 2.95. The number of nitrogens with one attached hydrogen (secondary N) is 2. The van der Waals surface area contributed by atoms with E-state index in [1.165, 1.54) is 32.1 Å². The Morgan fingerprint density at radius 3 is 2.45 bits per heavy atom. The summed E-state index contributed by atoms with van der Waals surface area (Å²) in [4.78, 5) is 30.5. The first-order valence-electron chi connectivity index (χ1n) is 14.4. The minimum absolute atomic E-state index is 0.0629. The Morgan fingerprint density at radius 2 is 1.77 bits per heavy atom. The summed E-state index contributed by atoms with van der Waals surface area (Å²) in [6.45, 7) is 6.08. The van der Waals surface area contributed by atoms with E-state index >= 15 is 0 Å². The number of aliphatic hydroxyl groups excluding tert-OH is 1. The number of rotatable bonds is 9. The van der Waals surface area contributed by atoms with Gasteiger partial charge in [-0.15, -0.1) is 0 Å². The number of ether oxygens (including phenoxy) is 2. The standard InChI is InChI=1S/C31H44N4O5/c1-21-17-35(22(2)20-36)30(37)27-16-25(33-31(38)32-24-10-13-26(39-4)14-11-24)12-15-28(27)40-29(21)19-34(3)18-23-8-6-5-7-9-23/h10-16,21-23,29,36H,5-9,17-20H2,1-4H3,(H2,32,33,38)/t21-,22+,29-/m1/s1. The largest absolute Gasteiger partial charge is 0.497 e. The third-order valence-corrected chi connectivity index (χ3v) is 8.06. The molecule has 1 saturated carbocycles. The monoisotopic (exact) mass is 552 g/mol. The van der Waals surface area contributed by atoms with Crippen molar-refractivity contribution >= 4 is 23.3 Å². The molecule has 40 heavy (non-hydrogen) atoms. The van der Waals surface area contributed by atoms with E-state index in [4.69, 9.17) is 9.47 Å². The molecule has 0 aromatic heterocycles. The molecule has 9 heteroatoms. The van der Waals surface area contributed by atoms with Crippen LogP contribution in [-0.4, -0.2) is 79.4 Å². The number of likely N-dealkylation sites (N-methyl/N-ethyl adjacent to an activating group) is 1. The summed E-state index contributed by atoms with van der Waals surface area (Å²) in [5.74, 6) is 1.74. The number of urea groups is 1. The summed E-state index contributed by atoms with van der Waals surface area (Å²) in [6.07, 6.45) is 6.40. The van der Waals surface area contributed by atoms with E-state index in [-0.39, 0.29) is 30.6 Å². The summed E-state index contributed by atoms with van der Waals surface area (Å²) in [5, 5.41) is 15.5. The van der Waals surface area contributed by atoms with Crippen molar-refractivity contribution in [1.82, 2.24) is 9.80 Å². The third kappa shape index (κ3) is 7.67. The molecule has 3 atom stereocenters. The lowest BCUT2D eigenvalue weighted by Gasteiger charge is -2.38. The number of hydrogen-bond acceptors (Lipinski definition) is 6. The van der Waals surface area contributed by atoms with Crippen LogP contribution < -0.4 is 20.1 Å². The van der Waals surface area contributed by atoms with Gasteiger partial charge in [-0.05, 0) is 75.2 Å². The van der Waals surface area contributed by atoms with E-state index in [2.05, 4.69) is 29.5 Å². The van der Waals surface area contributed by atoms with Crippen LogP contribution >= 0.6 is 0 Å².